The van der Waals surface area contributed by atoms with Gasteiger partial charge < -0.3 is 10.1 Å². The number of ether oxygens (including phenoxy) is 1. The average molecular weight is 341 g/mol. The van der Waals surface area contributed by atoms with Gasteiger partial charge in [-0.05, 0) is 60.9 Å². The summed E-state index contributed by atoms with van der Waals surface area (Å²) in [5.74, 6) is 0.0691. The zero-order chi connectivity index (χ0) is 17.7. The van der Waals surface area contributed by atoms with Gasteiger partial charge in [-0.3, -0.25) is 4.79 Å². The zero-order valence-corrected chi connectivity index (χ0v) is 14.4. The van der Waals surface area contributed by atoms with E-state index in [2.05, 4.69) is 5.32 Å². The Bertz CT molecular complexity index is 851. The van der Waals surface area contributed by atoms with E-state index in [0.717, 1.165) is 11.1 Å². The summed E-state index contributed by atoms with van der Waals surface area (Å²) < 4.78 is 5.08. The van der Waals surface area contributed by atoms with Gasteiger partial charge in [-0.15, -0.1) is 0 Å². The number of nitrogens with zero attached hydrogens (tertiary/aromatic N) is 1. The fourth-order valence-corrected chi connectivity index (χ4v) is 2.37. The van der Waals surface area contributed by atoms with Gasteiger partial charge in [0.25, 0.3) is 5.91 Å². The van der Waals surface area contributed by atoms with Crippen LogP contribution in [0.2, 0.25) is 5.02 Å². The quantitative estimate of drug-likeness (QED) is 0.658. The van der Waals surface area contributed by atoms with Gasteiger partial charge in [0.05, 0.1) is 12.1 Å². The van der Waals surface area contributed by atoms with E-state index in [-0.39, 0.29) is 5.57 Å². The van der Waals surface area contributed by atoms with Crippen molar-refractivity contribution in [2.75, 3.05) is 12.4 Å². The Kier molecular flexibility index (Phi) is 5.62. The van der Waals surface area contributed by atoms with E-state index in [1.54, 1.807) is 24.3 Å². The highest BCUT2D eigenvalue weighted by molar-refractivity contribution is 6.32. The lowest BCUT2D eigenvalue weighted by Crippen LogP contribution is -2.13. The van der Waals surface area contributed by atoms with Crippen LogP contribution in [0.25, 0.3) is 6.08 Å². The number of hydrogen-bond donors (Lipinski definition) is 1. The SMILES string of the molecule is COc1ccc(/C=C(\C#N)C(=O)Nc2ccc(C)c(C)c2)cc1Cl. The third kappa shape index (κ3) is 4.15. The Labute approximate surface area is 146 Å². The molecule has 5 heteroatoms. The van der Waals surface area contributed by atoms with Crippen molar-refractivity contribution in [2.45, 2.75) is 13.8 Å². The molecule has 0 saturated heterocycles. The lowest BCUT2D eigenvalue weighted by molar-refractivity contribution is -0.112. The minimum Gasteiger partial charge on any atom is -0.495 e. The summed E-state index contributed by atoms with van der Waals surface area (Å²) in [6.07, 6.45) is 1.49. The standard InChI is InChI=1S/C19H17ClN2O2/c1-12-4-6-16(8-13(12)2)22-19(23)15(11-21)9-14-5-7-18(24-3)17(20)10-14/h4-10H,1-3H3,(H,22,23)/b15-9+. The minimum absolute atomic E-state index is 0.00513. The molecule has 1 amide bonds. The van der Waals surface area contributed by atoms with Gasteiger partial charge in [0.15, 0.2) is 0 Å². The molecule has 0 aliphatic heterocycles. The van der Waals surface area contributed by atoms with Crippen molar-refractivity contribution in [1.82, 2.24) is 0 Å². The number of amides is 1. The normalized spacial score (nSPS) is 10.9. The Morgan fingerprint density at radius 1 is 1.21 bits per heavy atom. The van der Waals surface area contributed by atoms with Gasteiger partial charge in [0.1, 0.15) is 17.4 Å². The Balaban J connectivity index is 2.23. The summed E-state index contributed by atoms with van der Waals surface area (Å²) in [4.78, 5) is 12.3. The third-order valence-electron chi connectivity index (χ3n) is 3.62. The lowest BCUT2D eigenvalue weighted by Gasteiger charge is -2.07. The van der Waals surface area contributed by atoms with Crippen LogP contribution >= 0.6 is 11.6 Å². The van der Waals surface area contributed by atoms with Crippen molar-refractivity contribution < 1.29 is 9.53 Å². The molecule has 2 aromatic carbocycles. The van der Waals surface area contributed by atoms with Gasteiger partial charge >= 0.3 is 0 Å². The molecule has 122 valence electrons. The molecule has 0 bridgehead atoms. The molecule has 0 aromatic heterocycles. The van der Waals surface area contributed by atoms with E-state index >= 15 is 0 Å². The summed E-state index contributed by atoms with van der Waals surface area (Å²) in [5.41, 5.74) is 3.49. The number of aryl methyl sites for hydroxylation is 2. The molecule has 0 spiro atoms. The van der Waals surface area contributed by atoms with Crippen LogP contribution in [0.15, 0.2) is 42.0 Å². The maximum atomic E-state index is 12.3. The second kappa shape index (κ2) is 7.67. The van der Waals surface area contributed by atoms with Crippen LogP contribution in [0.3, 0.4) is 0 Å². The van der Waals surface area contributed by atoms with Crippen molar-refractivity contribution in [3.05, 3.63) is 63.7 Å². The van der Waals surface area contributed by atoms with Crippen molar-refractivity contribution in [3.63, 3.8) is 0 Å². The first-order valence-corrected chi connectivity index (χ1v) is 7.66. The summed E-state index contributed by atoms with van der Waals surface area (Å²) >= 11 is 6.06. The van der Waals surface area contributed by atoms with E-state index in [1.807, 2.05) is 32.0 Å². The summed E-state index contributed by atoms with van der Waals surface area (Å²) in [7, 11) is 1.52. The second-order valence-electron chi connectivity index (χ2n) is 5.32. The predicted octanol–water partition coefficient (Wildman–Crippen LogP) is 4.51. The largest absolute Gasteiger partial charge is 0.495 e. The maximum absolute atomic E-state index is 12.3. The molecule has 0 atom stereocenters. The highest BCUT2D eigenvalue weighted by atomic mass is 35.5. The fraction of sp³-hybridized carbons (Fsp3) is 0.158. The molecular weight excluding hydrogens is 324 g/mol. The van der Waals surface area contributed by atoms with Crippen LogP contribution in [0.5, 0.6) is 5.75 Å². The van der Waals surface area contributed by atoms with Crippen molar-refractivity contribution >= 4 is 29.3 Å². The Morgan fingerprint density at radius 2 is 1.96 bits per heavy atom. The minimum atomic E-state index is -0.465. The summed E-state index contributed by atoms with van der Waals surface area (Å²) in [5, 5.41) is 12.4. The van der Waals surface area contributed by atoms with Crippen LogP contribution in [0.4, 0.5) is 5.69 Å². The van der Waals surface area contributed by atoms with Crippen LogP contribution < -0.4 is 10.1 Å². The smallest absolute Gasteiger partial charge is 0.266 e. The van der Waals surface area contributed by atoms with Crippen molar-refractivity contribution in [1.29, 1.82) is 5.26 Å². The van der Waals surface area contributed by atoms with Crippen LogP contribution in [0, 0.1) is 25.2 Å². The molecule has 0 saturated carbocycles. The van der Waals surface area contributed by atoms with Crippen LogP contribution in [-0.2, 0) is 4.79 Å². The van der Waals surface area contributed by atoms with Gasteiger partial charge in [-0.1, -0.05) is 23.7 Å². The van der Waals surface area contributed by atoms with Crippen molar-refractivity contribution in [3.8, 4) is 11.8 Å². The van der Waals surface area contributed by atoms with Gasteiger partial charge in [0, 0.05) is 5.69 Å². The number of methoxy groups -OCH3 is 1. The van der Waals surface area contributed by atoms with Crippen LogP contribution in [-0.4, -0.2) is 13.0 Å². The highest BCUT2D eigenvalue weighted by Gasteiger charge is 2.11. The number of nitrogens with one attached hydrogen (secondary N) is 1. The molecular formula is C19H17ClN2O2. The topological polar surface area (TPSA) is 62.1 Å². The molecule has 0 unspecified atom stereocenters. The van der Waals surface area contributed by atoms with Crippen molar-refractivity contribution in [2.24, 2.45) is 0 Å². The average Bonchev–Trinajstić information content (AvgIpc) is 2.56. The first-order valence-electron chi connectivity index (χ1n) is 7.28. The molecule has 0 radical (unpaired) electrons. The molecule has 1 N–H and O–H groups in total. The van der Waals surface area contributed by atoms with E-state index < -0.39 is 5.91 Å². The first kappa shape index (κ1) is 17.6. The Hall–Kier alpha value is -2.77. The third-order valence-corrected chi connectivity index (χ3v) is 3.91. The number of nitriles is 1. The van der Waals surface area contributed by atoms with Crippen LogP contribution in [0.1, 0.15) is 16.7 Å². The zero-order valence-electron chi connectivity index (χ0n) is 13.7. The molecule has 4 nitrogen and oxygen atoms in total. The lowest BCUT2D eigenvalue weighted by atomic mass is 10.1. The maximum Gasteiger partial charge on any atom is 0.266 e. The Morgan fingerprint density at radius 3 is 2.54 bits per heavy atom. The number of anilines is 1. The number of halogens is 1. The number of hydrogen-bond acceptors (Lipinski definition) is 3. The van der Waals surface area contributed by atoms with Gasteiger partial charge in [-0.25, -0.2) is 0 Å². The fourth-order valence-electron chi connectivity index (χ4n) is 2.11. The molecule has 2 aromatic rings. The molecule has 24 heavy (non-hydrogen) atoms. The van der Waals surface area contributed by atoms with E-state index in [9.17, 15) is 10.1 Å². The number of carbonyl (C=O) groups is 1. The molecule has 0 fully saturated rings. The summed E-state index contributed by atoms with van der Waals surface area (Å²) in [6, 6.07) is 12.6. The van der Waals surface area contributed by atoms with Gasteiger partial charge in [-0.2, -0.15) is 5.26 Å². The molecule has 0 aliphatic carbocycles. The van der Waals surface area contributed by atoms with Gasteiger partial charge in [0.2, 0.25) is 0 Å². The predicted molar refractivity (Wildman–Crippen MR) is 96.1 cm³/mol. The monoisotopic (exact) mass is 340 g/mol. The molecule has 2 rings (SSSR count). The highest BCUT2D eigenvalue weighted by Crippen LogP contribution is 2.26. The number of carbonyl (C=O) groups excluding carboxylic acids is 1. The number of benzene rings is 2. The first-order chi connectivity index (χ1) is 11.4. The molecule has 0 aliphatic rings. The number of rotatable bonds is 4. The summed E-state index contributed by atoms with van der Waals surface area (Å²) in [6.45, 7) is 3.96. The van der Waals surface area contributed by atoms with E-state index in [4.69, 9.17) is 16.3 Å². The second-order valence-corrected chi connectivity index (χ2v) is 5.72. The van der Waals surface area contributed by atoms with E-state index in [0.29, 0.717) is 22.0 Å². The molecule has 0 heterocycles. The van der Waals surface area contributed by atoms with E-state index in [1.165, 1.54) is 13.2 Å².